The highest BCUT2D eigenvalue weighted by Gasteiger charge is 2.53. The molecule has 4 aliphatic carbocycles. The van der Waals surface area contributed by atoms with Crippen LogP contribution >= 0.6 is 12.2 Å². The van der Waals surface area contributed by atoms with Crippen LogP contribution in [0.4, 0.5) is 5.82 Å². The van der Waals surface area contributed by atoms with Crippen molar-refractivity contribution < 1.29 is 0 Å². The molecule has 4 fully saturated rings. The third-order valence-corrected chi connectivity index (χ3v) is 6.46. The van der Waals surface area contributed by atoms with Gasteiger partial charge in [0.2, 0.25) is 0 Å². The number of aromatic nitrogens is 2. The molecule has 106 valence electrons. The lowest BCUT2D eigenvalue weighted by Crippen LogP contribution is -2.49. The summed E-state index contributed by atoms with van der Waals surface area (Å²) in [5.74, 6) is 3.99. The van der Waals surface area contributed by atoms with Gasteiger partial charge in [0.25, 0.3) is 0 Å². The number of H-pyrrole nitrogens is 1. The monoisotopic (exact) mass is 287 g/mol. The molecule has 0 amide bonds. The second-order valence-electron chi connectivity index (χ2n) is 7.62. The quantitative estimate of drug-likeness (QED) is 0.776. The van der Waals surface area contributed by atoms with E-state index in [-0.39, 0.29) is 0 Å². The lowest BCUT2D eigenvalue weighted by Gasteiger charge is -2.57. The molecular weight excluding hydrogens is 266 g/mol. The standard InChI is InChI=1S/C16H21N3S/c20-15-18-13(12-1-2-17-14(12)19-15)16-6-9-3-10(7-16)5-11(4-9)8-16/h9-11H,1-8H2,(H2,17,18,19,20). The van der Waals surface area contributed by atoms with Crippen LogP contribution in [0.5, 0.6) is 0 Å². The van der Waals surface area contributed by atoms with E-state index in [9.17, 15) is 0 Å². The summed E-state index contributed by atoms with van der Waals surface area (Å²) in [6.45, 7) is 1.02. The molecule has 1 aromatic heterocycles. The molecule has 5 aliphatic rings. The Bertz CT molecular complexity index is 598. The summed E-state index contributed by atoms with van der Waals surface area (Å²) in [4.78, 5) is 8.02. The number of anilines is 1. The van der Waals surface area contributed by atoms with Crippen molar-refractivity contribution in [2.24, 2.45) is 17.8 Å². The number of nitrogens with zero attached hydrogens (tertiary/aromatic N) is 1. The van der Waals surface area contributed by atoms with Gasteiger partial charge >= 0.3 is 0 Å². The zero-order valence-electron chi connectivity index (χ0n) is 11.7. The molecule has 0 aromatic carbocycles. The molecule has 1 aromatic rings. The Balaban J connectivity index is 1.68. The number of fused-ring (bicyclic) bond motifs is 1. The lowest BCUT2D eigenvalue weighted by atomic mass is 9.48. The highest BCUT2D eigenvalue weighted by atomic mass is 32.1. The molecular formula is C16H21N3S. The maximum atomic E-state index is 5.39. The van der Waals surface area contributed by atoms with Crippen molar-refractivity contribution in [3.63, 3.8) is 0 Å². The van der Waals surface area contributed by atoms with Gasteiger partial charge in [-0.15, -0.1) is 0 Å². The van der Waals surface area contributed by atoms with Crippen molar-refractivity contribution in [2.45, 2.75) is 50.4 Å². The van der Waals surface area contributed by atoms with Gasteiger partial charge in [-0.25, -0.2) is 4.98 Å². The van der Waals surface area contributed by atoms with E-state index < -0.39 is 0 Å². The normalized spacial score (nSPS) is 40.7. The lowest BCUT2D eigenvalue weighted by molar-refractivity contribution is -0.00763. The van der Waals surface area contributed by atoms with E-state index in [0.717, 1.165) is 36.5 Å². The number of hydrogen-bond donors (Lipinski definition) is 2. The van der Waals surface area contributed by atoms with Gasteiger partial charge in [-0.2, -0.15) is 0 Å². The Hall–Kier alpha value is -0.900. The molecule has 0 saturated heterocycles. The number of nitrogens with one attached hydrogen (secondary N) is 2. The average Bonchev–Trinajstić information content (AvgIpc) is 2.83. The van der Waals surface area contributed by atoms with Crippen LogP contribution in [-0.2, 0) is 11.8 Å². The first kappa shape index (κ1) is 11.7. The smallest absolute Gasteiger partial charge is 0.198 e. The maximum absolute atomic E-state index is 5.39. The maximum Gasteiger partial charge on any atom is 0.198 e. The van der Waals surface area contributed by atoms with E-state index in [0.29, 0.717) is 10.2 Å². The van der Waals surface area contributed by atoms with E-state index in [4.69, 9.17) is 12.2 Å². The van der Waals surface area contributed by atoms with E-state index in [2.05, 4.69) is 15.3 Å². The topological polar surface area (TPSA) is 40.7 Å². The van der Waals surface area contributed by atoms with Crippen LogP contribution in [0, 0.1) is 22.5 Å². The molecule has 4 saturated carbocycles. The zero-order chi connectivity index (χ0) is 13.3. The van der Waals surface area contributed by atoms with Crippen LogP contribution in [0.25, 0.3) is 0 Å². The van der Waals surface area contributed by atoms with Crippen molar-refractivity contribution in [2.75, 3.05) is 11.9 Å². The van der Waals surface area contributed by atoms with Crippen molar-refractivity contribution >= 4 is 18.0 Å². The van der Waals surface area contributed by atoms with Crippen molar-refractivity contribution in [1.29, 1.82) is 0 Å². The van der Waals surface area contributed by atoms with Crippen LogP contribution < -0.4 is 5.32 Å². The van der Waals surface area contributed by atoms with Gasteiger partial charge in [0.15, 0.2) is 4.77 Å². The Morgan fingerprint density at radius 1 is 1.05 bits per heavy atom. The molecule has 0 atom stereocenters. The molecule has 4 bridgehead atoms. The summed E-state index contributed by atoms with van der Waals surface area (Å²) < 4.78 is 0.670. The van der Waals surface area contributed by atoms with E-state index in [1.165, 1.54) is 49.8 Å². The molecule has 2 N–H and O–H groups in total. The molecule has 0 radical (unpaired) electrons. The highest BCUT2D eigenvalue weighted by Crippen LogP contribution is 2.61. The number of hydrogen-bond acceptors (Lipinski definition) is 3. The number of aromatic amines is 1. The zero-order valence-corrected chi connectivity index (χ0v) is 12.6. The van der Waals surface area contributed by atoms with Gasteiger partial charge in [-0.1, -0.05) is 0 Å². The molecule has 0 spiro atoms. The highest BCUT2D eigenvalue weighted by molar-refractivity contribution is 7.71. The summed E-state index contributed by atoms with van der Waals surface area (Å²) in [5, 5.41) is 3.42. The Morgan fingerprint density at radius 2 is 1.70 bits per heavy atom. The van der Waals surface area contributed by atoms with Crippen molar-refractivity contribution in [1.82, 2.24) is 9.97 Å². The van der Waals surface area contributed by atoms with Gasteiger partial charge in [-0.3, -0.25) is 0 Å². The minimum absolute atomic E-state index is 0.404. The SMILES string of the molecule is S=c1nc2c(c(C34CC5CC(CC(C5)C3)C4)[nH]1)CCN2. The summed E-state index contributed by atoms with van der Waals surface area (Å²) in [7, 11) is 0. The molecule has 2 heterocycles. The second-order valence-corrected chi connectivity index (χ2v) is 8.01. The van der Waals surface area contributed by atoms with Gasteiger partial charge < -0.3 is 10.3 Å². The van der Waals surface area contributed by atoms with Crippen LogP contribution in [0.15, 0.2) is 0 Å². The van der Waals surface area contributed by atoms with Gasteiger partial charge in [0.05, 0.1) is 0 Å². The van der Waals surface area contributed by atoms with E-state index in [1.54, 1.807) is 0 Å². The predicted octanol–water partition coefficient (Wildman–Crippen LogP) is 3.57. The fraction of sp³-hybridized carbons (Fsp3) is 0.750. The first-order valence-electron chi connectivity index (χ1n) is 8.09. The minimum atomic E-state index is 0.404. The first-order chi connectivity index (χ1) is 9.72. The molecule has 1 aliphatic heterocycles. The van der Waals surface area contributed by atoms with Crippen molar-refractivity contribution in [3.05, 3.63) is 16.0 Å². The largest absolute Gasteiger partial charge is 0.369 e. The molecule has 20 heavy (non-hydrogen) atoms. The summed E-state index contributed by atoms with van der Waals surface area (Å²) in [6, 6.07) is 0. The number of rotatable bonds is 1. The Labute approximate surface area is 124 Å². The summed E-state index contributed by atoms with van der Waals surface area (Å²) in [5.41, 5.74) is 3.32. The Kier molecular flexibility index (Phi) is 2.25. The third-order valence-electron chi connectivity index (χ3n) is 6.27. The fourth-order valence-corrected chi connectivity index (χ4v) is 6.26. The van der Waals surface area contributed by atoms with Crippen LogP contribution in [0.3, 0.4) is 0 Å². The second kappa shape index (κ2) is 3.85. The summed E-state index contributed by atoms with van der Waals surface area (Å²) in [6.07, 6.45) is 9.76. The van der Waals surface area contributed by atoms with Gasteiger partial charge in [0.1, 0.15) is 5.82 Å². The fourth-order valence-electron chi connectivity index (χ4n) is 6.06. The van der Waals surface area contributed by atoms with E-state index in [1.807, 2.05) is 0 Å². The Morgan fingerprint density at radius 3 is 2.35 bits per heavy atom. The van der Waals surface area contributed by atoms with Crippen LogP contribution in [0.2, 0.25) is 0 Å². The van der Waals surface area contributed by atoms with Crippen molar-refractivity contribution in [3.8, 4) is 0 Å². The van der Waals surface area contributed by atoms with E-state index >= 15 is 0 Å². The van der Waals surface area contributed by atoms with Gasteiger partial charge in [0, 0.05) is 23.2 Å². The molecule has 0 unspecified atom stereocenters. The summed E-state index contributed by atoms with van der Waals surface area (Å²) >= 11 is 5.39. The predicted molar refractivity (Wildman–Crippen MR) is 81.5 cm³/mol. The third kappa shape index (κ3) is 1.51. The molecule has 3 nitrogen and oxygen atoms in total. The van der Waals surface area contributed by atoms with Crippen LogP contribution in [0.1, 0.15) is 49.8 Å². The minimum Gasteiger partial charge on any atom is -0.369 e. The molecule has 6 rings (SSSR count). The van der Waals surface area contributed by atoms with Gasteiger partial charge in [-0.05, 0) is 74.9 Å². The van der Waals surface area contributed by atoms with Crippen LogP contribution in [-0.4, -0.2) is 16.5 Å². The molecule has 4 heteroatoms. The first-order valence-corrected chi connectivity index (χ1v) is 8.50. The average molecular weight is 287 g/mol.